The Kier molecular flexibility index (Phi) is 5.89. The van der Waals surface area contributed by atoms with Gasteiger partial charge in [-0.05, 0) is 37.6 Å². The smallest absolute Gasteiger partial charge is 0.338 e. The quantitative estimate of drug-likeness (QED) is 0.564. The number of nitrogens with zero attached hydrogens (tertiary/aromatic N) is 2. The topological polar surface area (TPSA) is 60.7 Å². The maximum absolute atomic E-state index is 14.3. The average molecular weight is 457 g/mol. The first-order valence-electron chi connectivity index (χ1n) is 9.61. The Labute approximate surface area is 186 Å². The second kappa shape index (κ2) is 8.61. The number of carbonyl (C=O) groups is 1. The minimum absolute atomic E-state index is 0.132. The Morgan fingerprint density at radius 3 is 2.68 bits per heavy atom. The molecule has 1 aromatic heterocycles. The third kappa shape index (κ3) is 3.86. The standard InChI is InChI=1S/C23H18ClFN2O3S/c1-3-30-22(29)19-13(2)26-23-27(20(19)14-8-5-4-6-9-14)21(28)18(31-23)12-15-16(24)10-7-11-17(15)25/h4-12,20H,3H2,1-2H3/b18-12+/t20-/m0/s1. The lowest BCUT2D eigenvalue weighted by molar-refractivity contribution is -0.139. The molecule has 8 heteroatoms. The number of thiazole rings is 1. The number of benzene rings is 2. The molecule has 2 heterocycles. The molecule has 0 spiro atoms. The zero-order valence-corrected chi connectivity index (χ0v) is 18.3. The second-order valence-corrected chi connectivity index (χ2v) is 8.26. The highest BCUT2D eigenvalue weighted by Crippen LogP contribution is 2.30. The van der Waals surface area contributed by atoms with Gasteiger partial charge in [0.15, 0.2) is 4.80 Å². The van der Waals surface area contributed by atoms with Crippen LogP contribution in [0.2, 0.25) is 5.02 Å². The molecule has 2 aromatic carbocycles. The van der Waals surface area contributed by atoms with Gasteiger partial charge in [-0.25, -0.2) is 14.2 Å². The van der Waals surface area contributed by atoms with Crippen molar-refractivity contribution in [2.45, 2.75) is 19.9 Å². The molecule has 1 aliphatic rings. The van der Waals surface area contributed by atoms with Crippen molar-refractivity contribution < 1.29 is 13.9 Å². The molecule has 0 N–H and O–H groups in total. The maximum atomic E-state index is 14.3. The summed E-state index contributed by atoms with van der Waals surface area (Å²) in [5.41, 5.74) is 1.27. The first-order valence-corrected chi connectivity index (χ1v) is 10.8. The number of aromatic nitrogens is 1. The highest BCUT2D eigenvalue weighted by Gasteiger charge is 2.33. The molecule has 31 heavy (non-hydrogen) atoms. The molecular weight excluding hydrogens is 439 g/mol. The van der Waals surface area contributed by atoms with Crippen molar-refractivity contribution in [2.24, 2.45) is 4.99 Å². The van der Waals surface area contributed by atoms with E-state index in [2.05, 4.69) is 4.99 Å². The van der Waals surface area contributed by atoms with Gasteiger partial charge in [-0.3, -0.25) is 9.36 Å². The van der Waals surface area contributed by atoms with Crippen LogP contribution in [0.5, 0.6) is 0 Å². The maximum Gasteiger partial charge on any atom is 0.338 e. The SMILES string of the molecule is CCOC(=O)C1=C(C)N=c2s/c(=C/c3c(F)cccc3Cl)c(=O)n2[C@H]1c1ccccc1. The summed E-state index contributed by atoms with van der Waals surface area (Å²) in [7, 11) is 0. The molecule has 1 atom stereocenters. The Bertz CT molecular complexity index is 1360. The number of fused-ring (bicyclic) bond motifs is 1. The van der Waals surface area contributed by atoms with Gasteiger partial charge in [-0.15, -0.1) is 0 Å². The third-order valence-corrected chi connectivity index (χ3v) is 6.22. The van der Waals surface area contributed by atoms with E-state index in [4.69, 9.17) is 16.3 Å². The van der Waals surface area contributed by atoms with E-state index in [-0.39, 0.29) is 27.3 Å². The van der Waals surface area contributed by atoms with Crippen LogP contribution in [-0.2, 0) is 9.53 Å². The number of hydrogen-bond donors (Lipinski definition) is 0. The van der Waals surface area contributed by atoms with Crippen molar-refractivity contribution in [1.82, 2.24) is 4.57 Å². The van der Waals surface area contributed by atoms with Crippen LogP contribution in [0, 0.1) is 5.82 Å². The number of allylic oxidation sites excluding steroid dienone is 1. The molecule has 0 amide bonds. The van der Waals surface area contributed by atoms with Crippen LogP contribution >= 0.6 is 22.9 Å². The minimum atomic E-state index is -0.699. The summed E-state index contributed by atoms with van der Waals surface area (Å²) >= 11 is 7.26. The molecule has 4 rings (SSSR count). The predicted octanol–water partition coefficient (Wildman–Crippen LogP) is 3.59. The molecule has 0 fully saturated rings. The van der Waals surface area contributed by atoms with Crippen molar-refractivity contribution in [3.05, 3.63) is 101 Å². The summed E-state index contributed by atoms with van der Waals surface area (Å²) in [5.74, 6) is -1.05. The Morgan fingerprint density at radius 2 is 2.00 bits per heavy atom. The first kappa shape index (κ1) is 21.2. The number of hydrogen-bond acceptors (Lipinski definition) is 5. The van der Waals surface area contributed by atoms with Gasteiger partial charge < -0.3 is 4.74 Å². The summed E-state index contributed by atoms with van der Waals surface area (Å²) in [4.78, 5) is 31.1. The van der Waals surface area contributed by atoms with Gasteiger partial charge in [0.1, 0.15) is 5.82 Å². The van der Waals surface area contributed by atoms with Crippen LogP contribution < -0.4 is 14.9 Å². The Hall–Kier alpha value is -3.03. The fourth-order valence-corrected chi connectivity index (χ4v) is 4.77. The lowest BCUT2D eigenvalue weighted by atomic mass is 9.96. The first-order chi connectivity index (χ1) is 14.9. The van der Waals surface area contributed by atoms with Gasteiger partial charge in [0.2, 0.25) is 0 Å². The van der Waals surface area contributed by atoms with E-state index >= 15 is 0 Å². The highest BCUT2D eigenvalue weighted by atomic mass is 35.5. The summed E-state index contributed by atoms with van der Waals surface area (Å²) in [5, 5.41) is 0.203. The van der Waals surface area contributed by atoms with Crippen molar-refractivity contribution in [3.63, 3.8) is 0 Å². The fourth-order valence-electron chi connectivity index (χ4n) is 3.52. The Balaban J connectivity index is 1.99. The molecule has 1 aliphatic heterocycles. The zero-order chi connectivity index (χ0) is 22.1. The van der Waals surface area contributed by atoms with Gasteiger partial charge in [0, 0.05) is 5.56 Å². The van der Waals surface area contributed by atoms with E-state index in [1.54, 1.807) is 19.9 Å². The summed E-state index contributed by atoms with van der Waals surface area (Å²) < 4.78 is 21.3. The number of rotatable bonds is 4. The van der Waals surface area contributed by atoms with E-state index in [9.17, 15) is 14.0 Å². The van der Waals surface area contributed by atoms with Crippen LogP contribution in [0.15, 0.2) is 69.6 Å². The van der Waals surface area contributed by atoms with Gasteiger partial charge in [0.05, 0.1) is 33.5 Å². The van der Waals surface area contributed by atoms with Crippen molar-refractivity contribution in [1.29, 1.82) is 0 Å². The molecule has 0 bridgehead atoms. The summed E-state index contributed by atoms with van der Waals surface area (Å²) in [6.45, 7) is 3.64. The minimum Gasteiger partial charge on any atom is -0.463 e. The number of halogens is 2. The van der Waals surface area contributed by atoms with E-state index in [0.717, 1.165) is 16.9 Å². The van der Waals surface area contributed by atoms with E-state index in [1.165, 1.54) is 22.8 Å². The van der Waals surface area contributed by atoms with Gasteiger partial charge >= 0.3 is 5.97 Å². The Morgan fingerprint density at radius 1 is 1.26 bits per heavy atom. The summed E-state index contributed by atoms with van der Waals surface area (Å²) in [6, 6.07) is 12.9. The number of esters is 1. The molecular formula is C23H18ClFN2O3S. The van der Waals surface area contributed by atoms with Crippen molar-refractivity contribution in [3.8, 4) is 0 Å². The summed E-state index contributed by atoms with van der Waals surface area (Å²) in [6.07, 6.45) is 1.42. The normalized spacial score (nSPS) is 16.1. The predicted molar refractivity (Wildman–Crippen MR) is 118 cm³/mol. The van der Waals surface area contributed by atoms with Crippen LogP contribution in [0.4, 0.5) is 4.39 Å². The van der Waals surface area contributed by atoms with Crippen LogP contribution in [-0.4, -0.2) is 17.1 Å². The van der Waals surface area contributed by atoms with Crippen LogP contribution in [0.3, 0.4) is 0 Å². The molecule has 0 unspecified atom stereocenters. The number of ether oxygens (including phenoxy) is 1. The fraction of sp³-hybridized carbons (Fsp3) is 0.174. The second-order valence-electron chi connectivity index (χ2n) is 6.85. The van der Waals surface area contributed by atoms with Crippen molar-refractivity contribution >= 4 is 35.0 Å². The molecule has 3 aromatic rings. The average Bonchev–Trinajstić information content (AvgIpc) is 3.05. The van der Waals surface area contributed by atoms with Gasteiger partial charge in [-0.1, -0.05) is 59.3 Å². The van der Waals surface area contributed by atoms with E-state index in [0.29, 0.717) is 16.1 Å². The highest BCUT2D eigenvalue weighted by molar-refractivity contribution is 7.07. The molecule has 0 saturated heterocycles. The monoisotopic (exact) mass is 456 g/mol. The molecule has 0 saturated carbocycles. The van der Waals surface area contributed by atoms with Crippen LogP contribution in [0.1, 0.15) is 31.0 Å². The molecule has 158 valence electrons. The lowest BCUT2D eigenvalue weighted by Crippen LogP contribution is -2.39. The van der Waals surface area contributed by atoms with Gasteiger partial charge in [-0.2, -0.15) is 0 Å². The molecule has 5 nitrogen and oxygen atoms in total. The van der Waals surface area contributed by atoms with Gasteiger partial charge in [0.25, 0.3) is 5.56 Å². The third-order valence-electron chi connectivity index (χ3n) is 4.91. The van der Waals surface area contributed by atoms with Crippen LogP contribution in [0.25, 0.3) is 6.08 Å². The largest absolute Gasteiger partial charge is 0.463 e. The van der Waals surface area contributed by atoms with E-state index in [1.807, 2.05) is 30.3 Å². The zero-order valence-electron chi connectivity index (χ0n) is 16.8. The van der Waals surface area contributed by atoms with E-state index < -0.39 is 17.8 Å². The van der Waals surface area contributed by atoms with Crippen molar-refractivity contribution in [2.75, 3.05) is 6.61 Å². The molecule has 0 aliphatic carbocycles. The molecule has 0 radical (unpaired) electrons. The number of carbonyl (C=O) groups excluding carboxylic acids is 1. The lowest BCUT2D eigenvalue weighted by Gasteiger charge is -2.24.